The fraction of sp³-hybridized carbons (Fsp3) is 0.571. The maximum Gasteiger partial charge on any atom is 0.416 e. The average molecular weight is 288 g/mol. The number of hydrogen-bond acceptors (Lipinski definition) is 3. The summed E-state index contributed by atoms with van der Waals surface area (Å²) in [5.41, 5.74) is -0.362. The highest BCUT2D eigenvalue weighted by atomic mass is 19.4. The molecular formula is C14H19F3N2O. The molecule has 1 fully saturated rings. The number of benzene rings is 1. The lowest BCUT2D eigenvalue weighted by atomic mass is 9.95. The van der Waals surface area contributed by atoms with Crippen LogP contribution >= 0.6 is 0 Å². The van der Waals surface area contributed by atoms with Crippen LogP contribution in [0.15, 0.2) is 24.3 Å². The van der Waals surface area contributed by atoms with Gasteiger partial charge in [0.1, 0.15) is 0 Å². The third-order valence-electron chi connectivity index (χ3n) is 3.58. The summed E-state index contributed by atoms with van der Waals surface area (Å²) in [6, 6.07) is 5.19. The zero-order valence-corrected chi connectivity index (χ0v) is 11.6. The first-order valence-corrected chi connectivity index (χ1v) is 6.57. The molecule has 1 aromatic carbocycles. The summed E-state index contributed by atoms with van der Waals surface area (Å²) in [5.74, 6) is 0. The first-order chi connectivity index (χ1) is 9.43. The van der Waals surface area contributed by atoms with E-state index in [0.29, 0.717) is 13.2 Å². The topological polar surface area (TPSA) is 24.5 Å². The van der Waals surface area contributed by atoms with Gasteiger partial charge in [-0.25, -0.2) is 0 Å². The summed E-state index contributed by atoms with van der Waals surface area (Å²) in [6.07, 6.45) is -4.64. The molecule has 1 saturated heterocycles. The van der Waals surface area contributed by atoms with E-state index in [-0.39, 0.29) is 11.7 Å². The standard InChI is InChI=1S/C14H19F3N2O/c1-18-13(12-9-19(2)7-8-20-12)10-5-3-4-6-11(10)14(15,16)17/h3-6,12-13,18H,7-9H2,1-2H3. The van der Waals surface area contributed by atoms with Crippen molar-refractivity contribution in [2.24, 2.45) is 0 Å². The zero-order valence-electron chi connectivity index (χ0n) is 11.6. The van der Waals surface area contributed by atoms with Crippen molar-refractivity contribution in [1.29, 1.82) is 0 Å². The lowest BCUT2D eigenvalue weighted by Gasteiger charge is -2.36. The summed E-state index contributed by atoms with van der Waals surface area (Å²) < 4.78 is 45.0. The smallest absolute Gasteiger partial charge is 0.374 e. The Bertz CT molecular complexity index is 450. The molecule has 0 amide bonds. The largest absolute Gasteiger partial charge is 0.416 e. The molecule has 2 rings (SSSR count). The van der Waals surface area contributed by atoms with Crippen molar-refractivity contribution in [1.82, 2.24) is 10.2 Å². The molecular weight excluding hydrogens is 269 g/mol. The van der Waals surface area contributed by atoms with Crippen LogP contribution in [0.1, 0.15) is 17.2 Å². The fourth-order valence-corrected chi connectivity index (χ4v) is 2.58. The van der Waals surface area contributed by atoms with Gasteiger partial charge >= 0.3 is 6.18 Å². The van der Waals surface area contributed by atoms with E-state index >= 15 is 0 Å². The Hall–Kier alpha value is -1.11. The molecule has 6 heteroatoms. The predicted octanol–water partition coefficient (Wildman–Crippen LogP) is 2.30. The van der Waals surface area contributed by atoms with Gasteiger partial charge in [-0.05, 0) is 25.7 Å². The summed E-state index contributed by atoms with van der Waals surface area (Å²) in [7, 11) is 3.60. The molecule has 0 aliphatic carbocycles. The van der Waals surface area contributed by atoms with E-state index in [1.165, 1.54) is 12.1 Å². The van der Waals surface area contributed by atoms with E-state index < -0.39 is 17.8 Å². The van der Waals surface area contributed by atoms with Gasteiger partial charge in [-0.1, -0.05) is 18.2 Å². The Morgan fingerprint density at radius 2 is 2.05 bits per heavy atom. The normalized spacial score (nSPS) is 22.8. The number of morpholine rings is 1. The van der Waals surface area contributed by atoms with Crippen LogP contribution in [0.3, 0.4) is 0 Å². The average Bonchev–Trinajstić information content (AvgIpc) is 2.39. The highest BCUT2D eigenvalue weighted by Gasteiger charge is 2.37. The summed E-state index contributed by atoms with van der Waals surface area (Å²) in [6.45, 7) is 1.94. The first kappa shape index (κ1) is 15.3. The van der Waals surface area contributed by atoms with Crippen molar-refractivity contribution < 1.29 is 17.9 Å². The Morgan fingerprint density at radius 1 is 1.35 bits per heavy atom. The molecule has 0 saturated carbocycles. The molecule has 0 radical (unpaired) electrons. The number of halogens is 3. The second-order valence-corrected chi connectivity index (χ2v) is 5.02. The highest BCUT2D eigenvalue weighted by Crippen LogP contribution is 2.36. The van der Waals surface area contributed by atoms with Gasteiger partial charge in [0.15, 0.2) is 0 Å². The van der Waals surface area contributed by atoms with E-state index in [2.05, 4.69) is 10.2 Å². The number of ether oxygens (including phenoxy) is 1. The minimum Gasteiger partial charge on any atom is -0.374 e. The Labute approximate surface area is 116 Å². The van der Waals surface area contributed by atoms with Gasteiger partial charge in [-0.3, -0.25) is 0 Å². The lowest BCUT2D eigenvalue weighted by Crippen LogP contribution is -2.46. The summed E-state index contributed by atoms with van der Waals surface area (Å²) >= 11 is 0. The molecule has 2 atom stereocenters. The predicted molar refractivity (Wildman–Crippen MR) is 70.5 cm³/mol. The number of alkyl halides is 3. The number of hydrogen-bond donors (Lipinski definition) is 1. The van der Waals surface area contributed by atoms with Gasteiger partial charge in [-0.2, -0.15) is 13.2 Å². The molecule has 3 nitrogen and oxygen atoms in total. The highest BCUT2D eigenvalue weighted by molar-refractivity contribution is 5.33. The van der Waals surface area contributed by atoms with Gasteiger partial charge < -0.3 is 15.0 Å². The molecule has 1 heterocycles. The molecule has 1 aliphatic heterocycles. The van der Waals surface area contributed by atoms with Crippen LogP contribution in [-0.2, 0) is 10.9 Å². The third kappa shape index (κ3) is 3.31. The zero-order chi connectivity index (χ0) is 14.8. The number of likely N-dealkylation sites (N-methyl/N-ethyl adjacent to an activating group) is 2. The molecule has 0 bridgehead atoms. The second kappa shape index (κ2) is 6.11. The van der Waals surface area contributed by atoms with E-state index in [1.807, 2.05) is 7.05 Å². The van der Waals surface area contributed by atoms with Crippen LogP contribution in [0.4, 0.5) is 13.2 Å². The van der Waals surface area contributed by atoms with E-state index in [4.69, 9.17) is 4.74 Å². The van der Waals surface area contributed by atoms with Gasteiger partial charge in [0.25, 0.3) is 0 Å². The maximum atomic E-state index is 13.1. The Morgan fingerprint density at radius 3 is 2.65 bits per heavy atom. The lowest BCUT2D eigenvalue weighted by molar-refractivity contribution is -0.139. The molecule has 0 spiro atoms. The molecule has 2 unspecified atom stereocenters. The maximum absolute atomic E-state index is 13.1. The molecule has 112 valence electrons. The van der Waals surface area contributed by atoms with Crippen molar-refractivity contribution in [2.75, 3.05) is 33.8 Å². The van der Waals surface area contributed by atoms with Crippen molar-refractivity contribution in [3.05, 3.63) is 35.4 Å². The third-order valence-corrected chi connectivity index (χ3v) is 3.58. The number of nitrogens with zero attached hydrogens (tertiary/aromatic N) is 1. The Balaban J connectivity index is 2.32. The number of nitrogens with one attached hydrogen (secondary N) is 1. The molecule has 1 aromatic rings. The first-order valence-electron chi connectivity index (χ1n) is 6.57. The minimum absolute atomic E-state index is 0.239. The molecule has 20 heavy (non-hydrogen) atoms. The van der Waals surface area contributed by atoms with Crippen LogP contribution in [0.25, 0.3) is 0 Å². The molecule has 1 aliphatic rings. The van der Waals surface area contributed by atoms with Crippen molar-refractivity contribution in [2.45, 2.75) is 18.3 Å². The van der Waals surface area contributed by atoms with Gasteiger partial charge in [-0.15, -0.1) is 0 Å². The van der Waals surface area contributed by atoms with E-state index in [9.17, 15) is 13.2 Å². The van der Waals surface area contributed by atoms with Crippen molar-refractivity contribution in [3.63, 3.8) is 0 Å². The van der Waals surface area contributed by atoms with E-state index in [1.54, 1.807) is 13.1 Å². The summed E-state index contributed by atoms with van der Waals surface area (Å²) in [5, 5.41) is 2.97. The van der Waals surface area contributed by atoms with Crippen LogP contribution in [0, 0.1) is 0 Å². The summed E-state index contributed by atoms with van der Waals surface area (Å²) in [4.78, 5) is 2.06. The molecule has 1 N–H and O–H groups in total. The van der Waals surface area contributed by atoms with Crippen LogP contribution in [0.5, 0.6) is 0 Å². The van der Waals surface area contributed by atoms with Crippen molar-refractivity contribution >= 4 is 0 Å². The quantitative estimate of drug-likeness (QED) is 0.923. The fourth-order valence-electron chi connectivity index (χ4n) is 2.58. The monoisotopic (exact) mass is 288 g/mol. The van der Waals surface area contributed by atoms with E-state index in [0.717, 1.165) is 12.6 Å². The van der Waals surface area contributed by atoms with Gasteiger partial charge in [0, 0.05) is 13.1 Å². The minimum atomic E-state index is -4.35. The second-order valence-electron chi connectivity index (χ2n) is 5.02. The number of rotatable bonds is 3. The van der Waals surface area contributed by atoms with Crippen molar-refractivity contribution in [3.8, 4) is 0 Å². The SMILES string of the molecule is CNC(c1ccccc1C(F)(F)F)C1CN(C)CCO1. The van der Waals surface area contributed by atoms with Gasteiger partial charge in [0.05, 0.1) is 24.3 Å². The van der Waals surface area contributed by atoms with Crippen LogP contribution in [-0.4, -0.2) is 44.8 Å². The van der Waals surface area contributed by atoms with Gasteiger partial charge in [0.2, 0.25) is 0 Å². The Kier molecular flexibility index (Phi) is 4.67. The van der Waals surface area contributed by atoms with Crippen LogP contribution in [0.2, 0.25) is 0 Å². The molecule has 0 aromatic heterocycles. The van der Waals surface area contributed by atoms with Crippen LogP contribution < -0.4 is 5.32 Å².